The number of halogens is 1. The van der Waals surface area contributed by atoms with Gasteiger partial charge in [0.2, 0.25) is 0 Å². The van der Waals surface area contributed by atoms with Crippen LogP contribution in [0.2, 0.25) is 5.02 Å². The Morgan fingerprint density at radius 3 is 2.74 bits per heavy atom. The van der Waals surface area contributed by atoms with Crippen molar-refractivity contribution in [2.45, 2.75) is 25.8 Å². The predicted molar refractivity (Wildman–Crippen MR) is 105 cm³/mol. The van der Waals surface area contributed by atoms with Crippen molar-refractivity contribution in [3.8, 4) is 0 Å². The lowest BCUT2D eigenvalue weighted by Crippen LogP contribution is -2.50. The van der Waals surface area contributed by atoms with Gasteiger partial charge < -0.3 is 9.64 Å². The van der Waals surface area contributed by atoms with E-state index >= 15 is 0 Å². The van der Waals surface area contributed by atoms with Crippen molar-refractivity contribution >= 4 is 17.7 Å². The standard InChI is InChI=1S/C21H24ClN3O2/c1-2-27-21(26)25-12-10-24(11-13-25)20-18-8-7-17(22)14-16(18)6-5-15-4-3-9-23-19(15)20/h3-4,7-9,14,20H,2,5-6,10-13H2,1H3/t20-/m1/s1. The summed E-state index contributed by atoms with van der Waals surface area (Å²) in [7, 11) is 0. The Kier molecular flexibility index (Phi) is 5.32. The zero-order valence-corrected chi connectivity index (χ0v) is 16.3. The van der Waals surface area contributed by atoms with Gasteiger partial charge in [-0.05, 0) is 54.7 Å². The summed E-state index contributed by atoms with van der Waals surface area (Å²) in [5.74, 6) is 0. The lowest BCUT2D eigenvalue weighted by Gasteiger charge is -2.39. The fourth-order valence-corrected chi connectivity index (χ4v) is 4.32. The van der Waals surface area contributed by atoms with E-state index in [9.17, 15) is 4.79 Å². The van der Waals surface area contributed by atoms with Crippen LogP contribution in [-0.2, 0) is 17.6 Å². The normalized spacial score (nSPS) is 19.8. The van der Waals surface area contributed by atoms with Crippen molar-refractivity contribution < 1.29 is 9.53 Å². The van der Waals surface area contributed by atoms with Gasteiger partial charge in [0.05, 0.1) is 18.3 Å². The maximum absolute atomic E-state index is 12.0. The van der Waals surface area contributed by atoms with E-state index < -0.39 is 0 Å². The molecule has 0 N–H and O–H groups in total. The van der Waals surface area contributed by atoms with E-state index in [1.165, 1.54) is 16.7 Å². The molecule has 6 heteroatoms. The summed E-state index contributed by atoms with van der Waals surface area (Å²) >= 11 is 6.27. The highest BCUT2D eigenvalue weighted by Gasteiger charge is 2.33. The Morgan fingerprint density at radius 1 is 1.19 bits per heavy atom. The van der Waals surface area contributed by atoms with E-state index in [1.54, 1.807) is 4.90 Å². The van der Waals surface area contributed by atoms with Gasteiger partial charge in [-0.2, -0.15) is 0 Å². The number of hydrogen-bond acceptors (Lipinski definition) is 4. The van der Waals surface area contributed by atoms with Crippen LogP contribution in [0.4, 0.5) is 4.79 Å². The molecule has 0 bridgehead atoms. The zero-order valence-electron chi connectivity index (χ0n) is 15.5. The summed E-state index contributed by atoms with van der Waals surface area (Å²) in [5, 5.41) is 0.776. The van der Waals surface area contributed by atoms with Crippen LogP contribution in [0.15, 0.2) is 36.5 Å². The number of benzene rings is 1. The predicted octanol–water partition coefficient (Wildman–Crippen LogP) is 3.70. The van der Waals surface area contributed by atoms with Crippen LogP contribution in [0.1, 0.15) is 35.3 Å². The summed E-state index contributed by atoms with van der Waals surface area (Å²) in [6.07, 6.45) is 3.59. The minimum Gasteiger partial charge on any atom is -0.450 e. The van der Waals surface area contributed by atoms with Gasteiger partial charge in [-0.15, -0.1) is 0 Å². The number of amides is 1. The van der Waals surface area contributed by atoms with E-state index in [0.29, 0.717) is 19.7 Å². The first-order valence-electron chi connectivity index (χ1n) is 9.55. The summed E-state index contributed by atoms with van der Waals surface area (Å²) in [5.41, 5.74) is 4.99. The number of aromatic nitrogens is 1. The van der Waals surface area contributed by atoms with Crippen molar-refractivity contribution in [3.63, 3.8) is 0 Å². The molecule has 2 heterocycles. The van der Waals surface area contributed by atoms with Crippen molar-refractivity contribution in [2.24, 2.45) is 0 Å². The first-order chi connectivity index (χ1) is 13.2. The average Bonchev–Trinajstić information content (AvgIpc) is 2.85. The molecule has 0 radical (unpaired) electrons. The van der Waals surface area contributed by atoms with Gasteiger partial charge in [0.15, 0.2) is 0 Å². The minimum absolute atomic E-state index is 0.0975. The van der Waals surface area contributed by atoms with E-state index in [4.69, 9.17) is 21.3 Å². The Hall–Kier alpha value is -2.11. The van der Waals surface area contributed by atoms with Crippen molar-refractivity contribution in [3.05, 3.63) is 63.9 Å². The van der Waals surface area contributed by atoms with Crippen LogP contribution in [0, 0.1) is 0 Å². The number of piperazine rings is 1. The number of nitrogens with zero attached hydrogens (tertiary/aromatic N) is 3. The third-order valence-electron chi connectivity index (χ3n) is 5.45. The van der Waals surface area contributed by atoms with Crippen molar-refractivity contribution in [2.75, 3.05) is 32.8 Å². The highest BCUT2D eigenvalue weighted by molar-refractivity contribution is 6.30. The first kappa shape index (κ1) is 18.3. The van der Waals surface area contributed by atoms with Gasteiger partial charge in [-0.25, -0.2) is 4.79 Å². The molecule has 1 aliphatic heterocycles. The SMILES string of the molecule is CCOC(=O)N1CCN([C@@H]2c3ccc(Cl)cc3CCc3cccnc32)CC1. The second-order valence-electron chi connectivity index (χ2n) is 7.02. The maximum Gasteiger partial charge on any atom is 0.409 e. The number of fused-ring (bicyclic) bond motifs is 2. The van der Waals surface area contributed by atoms with Crippen LogP contribution in [0.3, 0.4) is 0 Å². The van der Waals surface area contributed by atoms with Gasteiger partial charge in [-0.3, -0.25) is 9.88 Å². The minimum atomic E-state index is -0.219. The summed E-state index contributed by atoms with van der Waals surface area (Å²) in [6.45, 7) is 5.17. The molecular formula is C21H24ClN3O2. The fraction of sp³-hybridized carbons (Fsp3) is 0.429. The molecule has 1 fully saturated rings. The van der Waals surface area contributed by atoms with Crippen LogP contribution >= 0.6 is 11.6 Å². The van der Waals surface area contributed by atoms with Crippen LogP contribution in [0.25, 0.3) is 0 Å². The molecule has 1 saturated heterocycles. The zero-order chi connectivity index (χ0) is 18.8. The fourth-order valence-electron chi connectivity index (χ4n) is 4.13. The van der Waals surface area contributed by atoms with Crippen LogP contribution in [-0.4, -0.2) is 53.7 Å². The van der Waals surface area contributed by atoms with Gasteiger partial charge in [0.1, 0.15) is 0 Å². The van der Waals surface area contributed by atoms with E-state index in [-0.39, 0.29) is 12.1 Å². The van der Waals surface area contributed by atoms with Crippen LogP contribution in [0.5, 0.6) is 0 Å². The second-order valence-corrected chi connectivity index (χ2v) is 7.45. The summed E-state index contributed by atoms with van der Waals surface area (Å²) in [4.78, 5) is 21.0. The lowest BCUT2D eigenvalue weighted by atomic mass is 9.96. The highest BCUT2D eigenvalue weighted by Crippen LogP contribution is 2.37. The van der Waals surface area contributed by atoms with Gasteiger partial charge >= 0.3 is 6.09 Å². The van der Waals surface area contributed by atoms with E-state index in [2.05, 4.69) is 23.1 Å². The van der Waals surface area contributed by atoms with Gasteiger partial charge in [0, 0.05) is 37.4 Å². The molecule has 0 spiro atoms. The molecule has 1 aliphatic carbocycles. The molecule has 1 aromatic carbocycles. The smallest absolute Gasteiger partial charge is 0.409 e. The Bertz CT molecular complexity index is 834. The molecule has 5 nitrogen and oxygen atoms in total. The number of carbonyl (C=O) groups excluding carboxylic acids is 1. The quantitative estimate of drug-likeness (QED) is 0.790. The number of carbonyl (C=O) groups is 1. The first-order valence-corrected chi connectivity index (χ1v) is 9.93. The maximum atomic E-state index is 12.0. The number of ether oxygens (including phenoxy) is 1. The molecular weight excluding hydrogens is 362 g/mol. The summed E-state index contributed by atoms with van der Waals surface area (Å²) in [6, 6.07) is 10.5. The monoisotopic (exact) mass is 385 g/mol. The van der Waals surface area contributed by atoms with Gasteiger partial charge in [-0.1, -0.05) is 23.7 Å². The molecule has 1 atom stereocenters. The Balaban J connectivity index is 1.65. The second kappa shape index (κ2) is 7.87. The molecule has 2 aromatic rings. The molecule has 0 saturated carbocycles. The number of rotatable bonds is 2. The number of aryl methyl sites for hydroxylation is 2. The van der Waals surface area contributed by atoms with E-state index in [0.717, 1.165) is 36.6 Å². The van der Waals surface area contributed by atoms with Crippen LogP contribution < -0.4 is 0 Å². The highest BCUT2D eigenvalue weighted by atomic mass is 35.5. The Labute approximate surface area is 164 Å². The average molecular weight is 386 g/mol. The number of hydrogen-bond donors (Lipinski definition) is 0. The largest absolute Gasteiger partial charge is 0.450 e. The molecule has 2 aliphatic rings. The van der Waals surface area contributed by atoms with Crippen molar-refractivity contribution in [1.82, 2.24) is 14.8 Å². The van der Waals surface area contributed by atoms with Crippen molar-refractivity contribution in [1.29, 1.82) is 0 Å². The molecule has 0 unspecified atom stereocenters. The Morgan fingerprint density at radius 2 is 1.96 bits per heavy atom. The van der Waals surface area contributed by atoms with Gasteiger partial charge in [0.25, 0.3) is 0 Å². The topological polar surface area (TPSA) is 45.7 Å². The molecule has 1 aromatic heterocycles. The molecule has 1 amide bonds. The molecule has 4 rings (SSSR count). The molecule has 142 valence electrons. The lowest BCUT2D eigenvalue weighted by molar-refractivity contribution is 0.0709. The van der Waals surface area contributed by atoms with E-state index in [1.807, 2.05) is 25.3 Å². The third kappa shape index (κ3) is 3.66. The molecule has 27 heavy (non-hydrogen) atoms. The number of pyridine rings is 1. The summed E-state index contributed by atoms with van der Waals surface area (Å²) < 4.78 is 5.15. The third-order valence-corrected chi connectivity index (χ3v) is 5.69.